The summed E-state index contributed by atoms with van der Waals surface area (Å²) in [6, 6.07) is 4.89. The largest absolute Gasteiger partial charge is 0.400 e. The summed E-state index contributed by atoms with van der Waals surface area (Å²) in [7, 11) is -8.64. The molecule has 0 aromatic heterocycles. The molecule has 12 heteroatoms. The summed E-state index contributed by atoms with van der Waals surface area (Å²) in [5.74, 6) is -2.59. The van der Waals surface area contributed by atoms with Gasteiger partial charge in [0.1, 0.15) is 0 Å². The molecular weight excluding hydrogens is 417 g/mol. The van der Waals surface area contributed by atoms with Crippen molar-refractivity contribution in [1.82, 2.24) is 0 Å². The van der Waals surface area contributed by atoms with Crippen molar-refractivity contribution in [3.05, 3.63) is 36.2 Å². The van der Waals surface area contributed by atoms with Gasteiger partial charge in [-0.1, -0.05) is 12.1 Å². The molecule has 148 valence electrons. The second-order valence-electron chi connectivity index (χ2n) is 5.41. The Morgan fingerprint density at radius 1 is 1.23 bits per heavy atom. The van der Waals surface area contributed by atoms with Crippen molar-refractivity contribution in [3.8, 4) is 0 Å². The molecule has 0 bridgehead atoms. The van der Waals surface area contributed by atoms with Crippen molar-refractivity contribution >= 4 is 37.8 Å². The van der Waals surface area contributed by atoms with Gasteiger partial charge >= 0.3 is 5.25 Å². The Morgan fingerprint density at radius 3 is 2.31 bits per heavy atom. The Morgan fingerprint density at radius 2 is 1.77 bits per heavy atom. The molecule has 1 aliphatic heterocycles. The highest BCUT2D eigenvalue weighted by molar-refractivity contribution is 7.93. The lowest BCUT2D eigenvalue weighted by atomic mass is 10.3. The van der Waals surface area contributed by atoms with Gasteiger partial charge in [-0.2, -0.15) is 8.78 Å². The molecule has 1 aliphatic rings. The minimum atomic E-state index is -5.39. The number of nitrogens with zero attached hydrogens (tertiary/aromatic N) is 1. The van der Waals surface area contributed by atoms with Crippen LogP contribution in [0.2, 0.25) is 0 Å². The predicted octanol–water partition coefficient (Wildman–Crippen LogP) is 1.52. The lowest BCUT2D eigenvalue weighted by Crippen LogP contribution is -2.41. The van der Waals surface area contributed by atoms with Gasteiger partial charge in [-0.05, 0) is 18.2 Å². The Kier molecular flexibility index (Phi) is 7.13. The van der Waals surface area contributed by atoms with Crippen LogP contribution in [-0.2, 0) is 19.7 Å². The molecule has 0 aliphatic carbocycles. The van der Waals surface area contributed by atoms with Crippen molar-refractivity contribution in [2.75, 3.05) is 36.0 Å². The summed E-state index contributed by atoms with van der Waals surface area (Å²) in [4.78, 5) is 0.619. The van der Waals surface area contributed by atoms with Crippen LogP contribution >= 0.6 is 12.4 Å². The fourth-order valence-corrected chi connectivity index (χ4v) is 4.94. The van der Waals surface area contributed by atoms with Crippen LogP contribution in [0.3, 0.4) is 0 Å². The van der Waals surface area contributed by atoms with E-state index in [4.69, 9.17) is 5.73 Å². The molecular formula is C14H18ClF3N2O4S2. The van der Waals surface area contributed by atoms with Crippen molar-refractivity contribution in [1.29, 1.82) is 0 Å². The average molecular weight is 435 g/mol. The number of sulfone groups is 2. The molecule has 2 rings (SSSR count). The first-order valence-electron chi connectivity index (χ1n) is 7.26. The quantitative estimate of drug-likeness (QED) is 0.754. The first-order valence-corrected chi connectivity index (χ1v) is 10.6. The standard InChI is InChI=1S/C14H17F3N2O4S2.ClH/c15-13(5-6-18)14(16,17)25(22,23)12-4-2-1-3-11(12)19-7-9-24(20,21)10-8-19;/h1-5H,6-10,18H2;1H/b13-5-;. The Hall–Kier alpha value is -1.30. The van der Waals surface area contributed by atoms with Gasteiger partial charge in [-0.3, -0.25) is 0 Å². The molecule has 1 aromatic rings. The molecule has 1 fully saturated rings. The highest BCUT2D eigenvalue weighted by atomic mass is 35.5. The second kappa shape index (κ2) is 8.15. The molecule has 0 saturated carbocycles. The van der Waals surface area contributed by atoms with Crippen molar-refractivity contribution in [3.63, 3.8) is 0 Å². The van der Waals surface area contributed by atoms with Crippen LogP contribution in [0.15, 0.2) is 41.1 Å². The maximum Gasteiger partial charge on any atom is 0.400 e. The number of halogens is 4. The van der Waals surface area contributed by atoms with Gasteiger partial charge in [-0.15, -0.1) is 12.4 Å². The van der Waals surface area contributed by atoms with Crippen LogP contribution < -0.4 is 10.6 Å². The number of benzene rings is 1. The second-order valence-corrected chi connectivity index (χ2v) is 9.68. The van der Waals surface area contributed by atoms with E-state index in [1.165, 1.54) is 23.1 Å². The van der Waals surface area contributed by atoms with Crippen molar-refractivity contribution in [2.45, 2.75) is 10.2 Å². The number of para-hydroxylation sites is 1. The number of hydrogen-bond donors (Lipinski definition) is 1. The zero-order valence-corrected chi connectivity index (χ0v) is 15.9. The summed E-state index contributed by atoms with van der Waals surface area (Å²) >= 11 is 0. The number of hydrogen-bond acceptors (Lipinski definition) is 6. The molecule has 0 radical (unpaired) electrons. The van der Waals surface area contributed by atoms with Crippen LogP contribution in [0.25, 0.3) is 0 Å². The zero-order valence-electron chi connectivity index (χ0n) is 13.4. The third-order valence-electron chi connectivity index (χ3n) is 3.75. The van der Waals surface area contributed by atoms with Gasteiger partial charge in [0.15, 0.2) is 15.7 Å². The van der Waals surface area contributed by atoms with E-state index in [1.54, 1.807) is 0 Å². The summed E-state index contributed by atoms with van der Waals surface area (Å²) in [6.45, 7) is -0.661. The molecule has 6 nitrogen and oxygen atoms in total. The first-order chi connectivity index (χ1) is 11.5. The van der Waals surface area contributed by atoms with Gasteiger partial charge < -0.3 is 10.6 Å². The first kappa shape index (κ1) is 22.7. The average Bonchev–Trinajstić information content (AvgIpc) is 2.55. The molecule has 26 heavy (non-hydrogen) atoms. The maximum atomic E-state index is 14.1. The predicted molar refractivity (Wildman–Crippen MR) is 94.9 cm³/mol. The van der Waals surface area contributed by atoms with E-state index in [2.05, 4.69) is 0 Å². The van der Waals surface area contributed by atoms with Gasteiger partial charge in [0.05, 0.1) is 22.1 Å². The fourth-order valence-electron chi connectivity index (χ4n) is 2.39. The smallest absolute Gasteiger partial charge is 0.368 e. The third-order valence-corrected chi connectivity index (χ3v) is 7.16. The summed E-state index contributed by atoms with van der Waals surface area (Å²) in [6.07, 6.45) is 0.299. The van der Waals surface area contributed by atoms with Gasteiger partial charge in [-0.25, -0.2) is 21.2 Å². The molecule has 0 spiro atoms. The topological polar surface area (TPSA) is 97.5 Å². The fraction of sp³-hybridized carbons (Fsp3) is 0.429. The Balaban J connectivity index is 0.00000338. The third kappa shape index (κ3) is 4.33. The Bertz CT molecular complexity index is 875. The van der Waals surface area contributed by atoms with E-state index >= 15 is 0 Å². The minimum absolute atomic E-state index is 0. The van der Waals surface area contributed by atoms with E-state index in [1.807, 2.05) is 0 Å². The van der Waals surface area contributed by atoms with Gasteiger partial charge in [0, 0.05) is 19.6 Å². The number of alkyl halides is 2. The van der Waals surface area contributed by atoms with Crippen LogP contribution in [0, 0.1) is 0 Å². The molecule has 0 amide bonds. The summed E-state index contributed by atoms with van der Waals surface area (Å²) < 4.78 is 89.6. The molecule has 0 unspecified atom stereocenters. The van der Waals surface area contributed by atoms with Gasteiger partial charge in [0.25, 0.3) is 9.84 Å². The van der Waals surface area contributed by atoms with Crippen LogP contribution in [0.4, 0.5) is 18.9 Å². The van der Waals surface area contributed by atoms with E-state index in [0.29, 0.717) is 6.08 Å². The highest BCUT2D eigenvalue weighted by Gasteiger charge is 2.51. The molecule has 1 heterocycles. The molecule has 1 aromatic carbocycles. The van der Waals surface area contributed by atoms with Gasteiger partial charge in [0.2, 0.25) is 0 Å². The highest BCUT2D eigenvalue weighted by Crippen LogP contribution is 2.40. The number of nitrogens with two attached hydrogens (primary N) is 1. The number of rotatable bonds is 5. The zero-order chi connectivity index (χ0) is 18.9. The molecule has 2 N–H and O–H groups in total. The van der Waals surface area contributed by atoms with Crippen molar-refractivity contribution < 1.29 is 30.0 Å². The van der Waals surface area contributed by atoms with E-state index < -0.39 is 42.2 Å². The molecule has 1 saturated heterocycles. The Labute approximate surface area is 156 Å². The summed E-state index contributed by atoms with van der Waals surface area (Å²) in [5, 5.41) is -4.77. The lowest BCUT2D eigenvalue weighted by Gasteiger charge is -2.30. The molecule has 0 atom stereocenters. The van der Waals surface area contributed by atoms with E-state index in [9.17, 15) is 30.0 Å². The van der Waals surface area contributed by atoms with Crippen LogP contribution in [0.5, 0.6) is 0 Å². The summed E-state index contributed by atoms with van der Waals surface area (Å²) in [5.41, 5.74) is 4.89. The van der Waals surface area contributed by atoms with Crippen LogP contribution in [0.1, 0.15) is 0 Å². The van der Waals surface area contributed by atoms with E-state index in [0.717, 1.165) is 6.07 Å². The van der Waals surface area contributed by atoms with Crippen LogP contribution in [-0.4, -0.2) is 53.2 Å². The lowest BCUT2D eigenvalue weighted by molar-refractivity contribution is 0.105. The van der Waals surface area contributed by atoms with Crippen molar-refractivity contribution in [2.24, 2.45) is 5.73 Å². The monoisotopic (exact) mass is 434 g/mol. The maximum absolute atomic E-state index is 14.1. The SMILES string of the molecule is Cl.NC/C=C(\F)C(F)(F)S(=O)(=O)c1ccccc1N1CCS(=O)(=O)CC1. The van der Waals surface area contributed by atoms with E-state index in [-0.39, 0.29) is 42.7 Å². The number of anilines is 1. The normalized spacial score (nSPS) is 18.3. The minimum Gasteiger partial charge on any atom is -0.368 e.